The third-order valence-electron chi connectivity index (χ3n) is 4.47. The molecule has 0 N–H and O–H groups in total. The van der Waals surface area contributed by atoms with E-state index in [2.05, 4.69) is 20.1 Å². The van der Waals surface area contributed by atoms with Crippen LogP contribution in [0, 0.1) is 5.82 Å². The fourth-order valence-corrected chi connectivity index (χ4v) is 3.18. The second-order valence-corrected chi connectivity index (χ2v) is 6.08. The van der Waals surface area contributed by atoms with Crippen LogP contribution in [0.2, 0.25) is 0 Å². The molecule has 24 heavy (non-hydrogen) atoms. The Balaban J connectivity index is 1.38. The van der Waals surface area contributed by atoms with Crippen LogP contribution < -0.4 is 0 Å². The summed E-state index contributed by atoms with van der Waals surface area (Å²) in [5.74, 6) is 0.913. The summed E-state index contributed by atoms with van der Waals surface area (Å²) in [4.78, 5) is 6.52. The van der Waals surface area contributed by atoms with E-state index < -0.39 is 0 Å². The van der Waals surface area contributed by atoms with Gasteiger partial charge in [-0.2, -0.15) is 10.1 Å². The summed E-state index contributed by atoms with van der Waals surface area (Å²) < 4.78 is 20.3. The quantitative estimate of drug-likeness (QED) is 0.737. The molecule has 2 aromatic heterocycles. The Kier molecular flexibility index (Phi) is 4.08. The predicted molar refractivity (Wildman–Crippen MR) is 85.1 cm³/mol. The molecule has 1 aromatic carbocycles. The van der Waals surface area contributed by atoms with Gasteiger partial charge in [0, 0.05) is 24.2 Å². The van der Waals surface area contributed by atoms with Crippen LogP contribution in [0.25, 0.3) is 5.69 Å². The van der Waals surface area contributed by atoms with Crippen LogP contribution >= 0.6 is 0 Å². The Morgan fingerprint density at radius 1 is 1.21 bits per heavy atom. The number of piperidine rings is 1. The largest absolute Gasteiger partial charge is 0.343 e. The van der Waals surface area contributed by atoms with Crippen molar-refractivity contribution >= 4 is 0 Å². The van der Waals surface area contributed by atoms with Crippen LogP contribution in [-0.2, 0) is 6.54 Å². The van der Waals surface area contributed by atoms with Crippen molar-refractivity contribution < 1.29 is 8.91 Å². The molecule has 3 aromatic rings. The molecule has 3 heterocycles. The highest BCUT2D eigenvalue weighted by Crippen LogP contribution is 2.26. The lowest BCUT2D eigenvalue weighted by Gasteiger charge is -2.30. The minimum atomic E-state index is -0.270. The molecule has 1 aliphatic heterocycles. The van der Waals surface area contributed by atoms with Crippen LogP contribution in [0.1, 0.15) is 30.1 Å². The van der Waals surface area contributed by atoms with Gasteiger partial charge >= 0.3 is 0 Å². The molecule has 7 heteroatoms. The van der Waals surface area contributed by atoms with Crippen molar-refractivity contribution in [3.05, 3.63) is 60.3 Å². The summed E-state index contributed by atoms with van der Waals surface area (Å²) in [6.45, 7) is 2.77. The van der Waals surface area contributed by atoms with Gasteiger partial charge in [-0.15, -0.1) is 0 Å². The first-order valence-electron chi connectivity index (χ1n) is 8.06. The molecular formula is C17H18FN5O. The van der Waals surface area contributed by atoms with Crippen molar-refractivity contribution in [3.8, 4) is 5.69 Å². The monoisotopic (exact) mass is 327 g/mol. The molecule has 1 saturated heterocycles. The second-order valence-electron chi connectivity index (χ2n) is 6.08. The Morgan fingerprint density at radius 3 is 2.79 bits per heavy atom. The Bertz CT molecular complexity index is 793. The lowest BCUT2D eigenvalue weighted by atomic mass is 9.96. The summed E-state index contributed by atoms with van der Waals surface area (Å²) in [6, 6.07) is 6.65. The van der Waals surface area contributed by atoms with Crippen molar-refractivity contribution in [1.29, 1.82) is 0 Å². The van der Waals surface area contributed by atoms with E-state index in [1.165, 1.54) is 12.5 Å². The van der Waals surface area contributed by atoms with Crippen molar-refractivity contribution in [2.24, 2.45) is 0 Å². The smallest absolute Gasteiger partial charge is 0.213 e. The molecule has 0 saturated carbocycles. The van der Waals surface area contributed by atoms with Gasteiger partial charge in [-0.1, -0.05) is 17.3 Å². The molecule has 4 rings (SSSR count). The van der Waals surface area contributed by atoms with Crippen molar-refractivity contribution in [1.82, 2.24) is 24.8 Å². The number of aromatic nitrogens is 4. The Labute approximate surface area is 138 Å². The first-order chi connectivity index (χ1) is 11.8. The van der Waals surface area contributed by atoms with E-state index in [1.54, 1.807) is 23.0 Å². The van der Waals surface area contributed by atoms with E-state index in [0.29, 0.717) is 11.6 Å². The van der Waals surface area contributed by atoms with Gasteiger partial charge in [0.2, 0.25) is 6.39 Å². The first-order valence-corrected chi connectivity index (χ1v) is 8.06. The van der Waals surface area contributed by atoms with Crippen molar-refractivity contribution in [2.45, 2.75) is 25.3 Å². The number of rotatable bonds is 4. The molecule has 0 spiro atoms. The Morgan fingerprint density at radius 2 is 2.04 bits per heavy atom. The topological polar surface area (TPSA) is 60.0 Å². The molecule has 0 aliphatic carbocycles. The molecular weight excluding hydrogens is 309 g/mol. The van der Waals surface area contributed by atoms with E-state index in [9.17, 15) is 4.39 Å². The van der Waals surface area contributed by atoms with E-state index in [0.717, 1.165) is 43.9 Å². The van der Waals surface area contributed by atoms with Gasteiger partial charge in [-0.05, 0) is 38.1 Å². The minimum Gasteiger partial charge on any atom is -0.343 e. The highest BCUT2D eigenvalue weighted by atomic mass is 19.1. The number of para-hydroxylation sites is 1. The van der Waals surface area contributed by atoms with Gasteiger partial charge in [0.15, 0.2) is 5.82 Å². The first kappa shape index (κ1) is 15.0. The molecule has 124 valence electrons. The summed E-state index contributed by atoms with van der Waals surface area (Å²) in [5.41, 5.74) is 1.55. The number of likely N-dealkylation sites (tertiary alicyclic amines) is 1. The van der Waals surface area contributed by atoms with Crippen molar-refractivity contribution in [3.63, 3.8) is 0 Å². The van der Waals surface area contributed by atoms with Crippen LogP contribution in [0.5, 0.6) is 0 Å². The summed E-state index contributed by atoms with van der Waals surface area (Å²) in [5, 5.41) is 8.23. The van der Waals surface area contributed by atoms with E-state index >= 15 is 0 Å². The van der Waals surface area contributed by atoms with Gasteiger partial charge in [0.1, 0.15) is 11.5 Å². The van der Waals surface area contributed by atoms with Crippen LogP contribution in [0.4, 0.5) is 4.39 Å². The van der Waals surface area contributed by atoms with Crippen LogP contribution in [0.15, 0.2) is 47.6 Å². The van der Waals surface area contributed by atoms with Crippen molar-refractivity contribution in [2.75, 3.05) is 13.1 Å². The standard InChI is InChI=1S/C17H18FN5O/c18-15-3-1-2-4-16(15)23-11-13(9-20-23)10-22-7-5-14(6-8-22)17-19-12-24-21-17/h1-4,9,11-12,14H,5-8,10H2. The maximum atomic E-state index is 13.8. The number of nitrogens with zero attached hydrogens (tertiary/aromatic N) is 5. The maximum Gasteiger partial charge on any atom is 0.213 e. The molecule has 0 atom stereocenters. The van der Waals surface area contributed by atoms with E-state index in [-0.39, 0.29) is 5.82 Å². The lowest BCUT2D eigenvalue weighted by Crippen LogP contribution is -2.32. The number of halogens is 1. The SMILES string of the molecule is Fc1ccccc1-n1cc(CN2CCC(c3ncon3)CC2)cn1. The molecule has 6 nitrogen and oxygen atoms in total. The number of hydrogen-bond donors (Lipinski definition) is 0. The summed E-state index contributed by atoms with van der Waals surface area (Å²) in [6.07, 6.45) is 7.11. The fourth-order valence-electron chi connectivity index (χ4n) is 3.18. The lowest BCUT2D eigenvalue weighted by molar-refractivity contribution is 0.200. The summed E-state index contributed by atoms with van der Waals surface area (Å²) >= 11 is 0. The number of hydrogen-bond acceptors (Lipinski definition) is 5. The Hall–Kier alpha value is -2.54. The molecule has 0 unspecified atom stereocenters. The number of benzene rings is 1. The molecule has 0 radical (unpaired) electrons. The third kappa shape index (κ3) is 3.07. The highest BCUT2D eigenvalue weighted by molar-refractivity contribution is 5.32. The minimum absolute atomic E-state index is 0.270. The average molecular weight is 327 g/mol. The van der Waals surface area contributed by atoms with E-state index in [4.69, 9.17) is 4.52 Å². The predicted octanol–water partition coefficient (Wildman–Crippen LogP) is 2.77. The van der Waals surface area contributed by atoms with Gasteiger partial charge in [0.25, 0.3) is 0 Å². The highest BCUT2D eigenvalue weighted by Gasteiger charge is 2.23. The zero-order chi connectivity index (χ0) is 16.4. The molecule has 0 bridgehead atoms. The van der Waals surface area contributed by atoms with Gasteiger partial charge in [0.05, 0.1) is 6.20 Å². The maximum absolute atomic E-state index is 13.8. The fraction of sp³-hybridized carbons (Fsp3) is 0.353. The van der Waals surface area contributed by atoms with Gasteiger partial charge < -0.3 is 4.52 Å². The molecule has 1 aliphatic rings. The third-order valence-corrected chi connectivity index (χ3v) is 4.47. The zero-order valence-electron chi connectivity index (χ0n) is 13.2. The average Bonchev–Trinajstić information content (AvgIpc) is 3.28. The zero-order valence-corrected chi connectivity index (χ0v) is 13.2. The normalized spacial score (nSPS) is 16.5. The summed E-state index contributed by atoms with van der Waals surface area (Å²) in [7, 11) is 0. The van der Waals surface area contributed by atoms with Gasteiger partial charge in [-0.25, -0.2) is 9.07 Å². The van der Waals surface area contributed by atoms with Crippen LogP contribution in [0.3, 0.4) is 0 Å². The molecule has 1 fully saturated rings. The van der Waals surface area contributed by atoms with Crippen LogP contribution in [-0.4, -0.2) is 37.9 Å². The molecule has 0 amide bonds. The second kappa shape index (κ2) is 6.52. The van der Waals surface area contributed by atoms with E-state index in [1.807, 2.05) is 12.3 Å². The van der Waals surface area contributed by atoms with Gasteiger partial charge in [-0.3, -0.25) is 4.90 Å².